The number of aromatic nitrogens is 1. The Labute approximate surface area is 164 Å². The van der Waals surface area contributed by atoms with Gasteiger partial charge in [-0.3, -0.25) is 14.9 Å². The Balaban J connectivity index is 1.62. The highest BCUT2D eigenvalue weighted by Gasteiger charge is 2.34. The van der Waals surface area contributed by atoms with Crippen LogP contribution in [-0.2, 0) is 4.79 Å². The first kappa shape index (κ1) is 18.3. The second-order valence-corrected chi connectivity index (χ2v) is 6.55. The molecule has 1 atom stereocenters. The van der Waals surface area contributed by atoms with Crippen LogP contribution in [0.1, 0.15) is 12.0 Å². The van der Waals surface area contributed by atoms with E-state index in [1.165, 1.54) is 35.2 Å². The molecule has 1 amide bonds. The highest BCUT2D eigenvalue weighted by molar-refractivity contribution is 6.01. The summed E-state index contributed by atoms with van der Waals surface area (Å²) in [5.74, 6) is -0.463. The molecule has 1 N–H and O–H groups in total. The normalized spacial score (nSPS) is 16.1. The molecular weight excluding hydrogens is 377 g/mol. The number of nitro benzene ring substituents is 1. The van der Waals surface area contributed by atoms with Crippen molar-refractivity contribution in [3.8, 4) is 6.07 Å². The molecule has 144 valence electrons. The molecule has 0 bridgehead atoms. The molecule has 4 rings (SSSR count). The predicted octanol–water partition coefficient (Wildman–Crippen LogP) is 3.37. The van der Waals surface area contributed by atoms with E-state index < -0.39 is 16.8 Å². The van der Waals surface area contributed by atoms with Crippen molar-refractivity contribution < 1.29 is 14.1 Å². The monoisotopic (exact) mass is 391 g/mol. The van der Waals surface area contributed by atoms with Crippen molar-refractivity contribution in [2.75, 3.05) is 16.8 Å². The number of benzene rings is 2. The molecule has 0 aliphatic carbocycles. The lowest BCUT2D eigenvalue weighted by molar-refractivity contribution is -0.384. The molecule has 9 heteroatoms. The summed E-state index contributed by atoms with van der Waals surface area (Å²) in [7, 11) is 0. The Kier molecular flexibility index (Phi) is 4.52. The van der Waals surface area contributed by atoms with Gasteiger partial charge in [-0.2, -0.15) is 5.26 Å². The van der Waals surface area contributed by atoms with Crippen molar-refractivity contribution in [2.24, 2.45) is 0 Å². The number of non-ortho nitro benzene ring substituents is 1. The maximum atomic E-state index is 14.0. The number of pyridine rings is 1. The lowest BCUT2D eigenvalue weighted by Crippen LogP contribution is -2.34. The van der Waals surface area contributed by atoms with E-state index >= 15 is 0 Å². The van der Waals surface area contributed by atoms with Crippen LogP contribution in [-0.4, -0.2) is 28.4 Å². The number of carbonyl (C=O) groups excluding carboxylic acids is 1. The van der Waals surface area contributed by atoms with Crippen molar-refractivity contribution in [1.29, 1.82) is 5.26 Å². The van der Waals surface area contributed by atoms with E-state index in [4.69, 9.17) is 0 Å². The summed E-state index contributed by atoms with van der Waals surface area (Å²) >= 11 is 0. The summed E-state index contributed by atoms with van der Waals surface area (Å²) in [5, 5.41) is 23.8. The van der Waals surface area contributed by atoms with Gasteiger partial charge in [-0.15, -0.1) is 0 Å². The van der Waals surface area contributed by atoms with Crippen LogP contribution in [0.25, 0.3) is 10.9 Å². The number of rotatable bonds is 4. The number of nitrogens with zero attached hydrogens (tertiary/aromatic N) is 4. The van der Waals surface area contributed by atoms with Crippen molar-refractivity contribution in [2.45, 2.75) is 12.5 Å². The highest BCUT2D eigenvalue weighted by Crippen LogP contribution is 2.28. The van der Waals surface area contributed by atoms with E-state index in [0.717, 1.165) is 0 Å². The summed E-state index contributed by atoms with van der Waals surface area (Å²) in [4.78, 5) is 28.9. The van der Waals surface area contributed by atoms with Crippen molar-refractivity contribution in [1.82, 2.24) is 4.98 Å². The van der Waals surface area contributed by atoms with Gasteiger partial charge in [0.05, 0.1) is 27.8 Å². The van der Waals surface area contributed by atoms with Crippen LogP contribution in [0.2, 0.25) is 0 Å². The number of halogens is 1. The average Bonchev–Trinajstić information content (AvgIpc) is 3.07. The summed E-state index contributed by atoms with van der Waals surface area (Å²) in [5.41, 5.74) is 0.687. The van der Waals surface area contributed by atoms with E-state index in [-0.39, 0.29) is 22.8 Å². The Morgan fingerprint density at radius 1 is 1.28 bits per heavy atom. The standard InChI is InChI=1S/C20H14FN5O3/c21-15-3-1-2-4-18(15)25-8-7-17(20(25)27)24-19-9-12(11-22)14-10-13(26(28)29)5-6-16(14)23-19/h1-6,9-10,17H,7-8H2,(H,23,24). The zero-order valence-electron chi connectivity index (χ0n) is 15.0. The van der Waals surface area contributed by atoms with Gasteiger partial charge in [-0.05, 0) is 30.7 Å². The summed E-state index contributed by atoms with van der Waals surface area (Å²) in [6.45, 7) is 0.350. The number of amides is 1. The van der Waals surface area contributed by atoms with Crippen LogP contribution in [0.3, 0.4) is 0 Å². The van der Waals surface area contributed by atoms with Gasteiger partial charge in [0, 0.05) is 24.1 Å². The number of para-hydroxylation sites is 1. The van der Waals surface area contributed by atoms with E-state index in [1.807, 2.05) is 6.07 Å². The fourth-order valence-corrected chi connectivity index (χ4v) is 3.40. The number of nitrogens with one attached hydrogen (secondary N) is 1. The fourth-order valence-electron chi connectivity index (χ4n) is 3.40. The maximum Gasteiger partial charge on any atom is 0.270 e. The molecule has 0 radical (unpaired) electrons. The van der Waals surface area contributed by atoms with Gasteiger partial charge in [0.15, 0.2) is 0 Å². The molecule has 1 aliphatic heterocycles. The second-order valence-electron chi connectivity index (χ2n) is 6.55. The van der Waals surface area contributed by atoms with Gasteiger partial charge in [0.2, 0.25) is 5.91 Å². The molecule has 8 nitrogen and oxygen atoms in total. The Bertz CT molecular complexity index is 1190. The van der Waals surface area contributed by atoms with E-state index in [9.17, 15) is 24.6 Å². The molecule has 2 heterocycles. The number of nitriles is 1. The molecule has 1 fully saturated rings. The SMILES string of the molecule is N#Cc1cc(NC2CCN(c3ccccc3F)C2=O)nc2ccc([N+](=O)[O-])cc12. The molecule has 1 aliphatic rings. The molecule has 0 saturated carbocycles. The zero-order chi connectivity index (χ0) is 20.5. The lowest BCUT2D eigenvalue weighted by Gasteiger charge is -2.18. The predicted molar refractivity (Wildman–Crippen MR) is 104 cm³/mol. The summed E-state index contributed by atoms with van der Waals surface area (Å²) < 4.78 is 14.0. The summed E-state index contributed by atoms with van der Waals surface area (Å²) in [6.07, 6.45) is 0.440. The molecule has 3 aromatic rings. The second kappa shape index (κ2) is 7.16. The average molecular weight is 391 g/mol. The fraction of sp³-hybridized carbons (Fsp3) is 0.150. The first-order valence-corrected chi connectivity index (χ1v) is 8.79. The number of anilines is 2. The number of hydrogen-bond acceptors (Lipinski definition) is 6. The van der Waals surface area contributed by atoms with Crippen LogP contribution < -0.4 is 10.2 Å². The first-order chi connectivity index (χ1) is 14.0. The minimum absolute atomic E-state index is 0.136. The number of carbonyl (C=O) groups is 1. The van der Waals surface area contributed by atoms with Gasteiger partial charge >= 0.3 is 0 Å². The smallest absolute Gasteiger partial charge is 0.270 e. The number of fused-ring (bicyclic) bond motifs is 1. The van der Waals surface area contributed by atoms with Crippen molar-refractivity contribution in [3.63, 3.8) is 0 Å². The Morgan fingerprint density at radius 3 is 2.79 bits per heavy atom. The van der Waals surface area contributed by atoms with Crippen LogP contribution in [0.4, 0.5) is 21.6 Å². The third-order valence-corrected chi connectivity index (χ3v) is 4.79. The highest BCUT2D eigenvalue weighted by atomic mass is 19.1. The Morgan fingerprint density at radius 2 is 2.07 bits per heavy atom. The third-order valence-electron chi connectivity index (χ3n) is 4.79. The Hall–Kier alpha value is -4.06. The third kappa shape index (κ3) is 3.32. The largest absolute Gasteiger partial charge is 0.358 e. The number of nitro groups is 1. The van der Waals surface area contributed by atoms with Crippen LogP contribution in [0, 0.1) is 27.3 Å². The van der Waals surface area contributed by atoms with Crippen molar-refractivity contribution in [3.05, 3.63) is 70.0 Å². The van der Waals surface area contributed by atoms with Crippen LogP contribution in [0.5, 0.6) is 0 Å². The van der Waals surface area contributed by atoms with Gasteiger partial charge < -0.3 is 10.2 Å². The molecule has 29 heavy (non-hydrogen) atoms. The lowest BCUT2D eigenvalue weighted by atomic mass is 10.1. The van der Waals surface area contributed by atoms with Gasteiger partial charge in [0.1, 0.15) is 17.7 Å². The summed E-state index contributed by atoms with van der Waals surface area (Å²) in [6, 6.07) is 13.0. The van der Waals surface area contributed by atoms with Gasteiger partial charge in [-0.25, -0.2) is 9.37 Å². The van der Waals surface area contributed by atoms with E-state index in [1.54, 1.807) is 18.2 Å². The minimum atomic E-state index is -0.621. The van der Waals surface area contributed by atoms with Crippen LogP contribution in [0.15, 0.2) is 48.5 Å². The van der Waals surface area contributed by atoms with Gasteiger partial charge in [-0.1, -0.05) is 12.1 Å². The van der Waals surface area contributed by atoms with Gasteiger partial charge in [0.25, 0.3) is 5.69 Å². The minimum Gasteiger partial charge on any atom is -0.358 e. The first-order valence-electron chi connectivity index (χ1n) is 8.79. The quantitative estimate of drug-likeness (QED) is 0.539. The molecule has 1 saturated heterocycles. The molecule has 1 unspecified atom stereocenters. The van der Waals surface area contributed by atoms with Crippen molar-refractivity contribution >= 4 is 34.0 Å². The molecular formula is C20H14FN5O3. The zero-order valence-corrected chi connectivity index (χ0v) is 15.0. The molecule has 2 aromatic carbocycles. The van der Waals surface area contributed by atoms with E-state index in [0.29, 0.717) is 29.7 Å². The maximum absolute atomic E-state index is 14.0. The topological polar surface area (TPSA) is 112 Å². The number of hydrogen-bond donors (Lipinski definition) is 1. The molecule has 1 aromatic heterocycles. The van der Waals surface area contributed by atoms with E-state index in [2.05, 4.69) is 10.3 Å². The van der Waals surface area contributed by atoms with Crippen LogP contribution >= 0.6 is 0 Å². The molecule has 0 spiro atoms.